The van der Waals surface area contributed by atoms with E-state index in [1.807, 2.05) is 19.2 Å². The number of amides is 1. The zero-order chi connectivity index (χ0) is 14.0. The molecule has 2 rings (SSSR count). The van der Waals surface area contributed by atoms with Gasteiger partial charge in [-0.3, -0.25) is 14.8 Å². The van der Waals surface area contributed by atoms with Gasteiger partial charge in [-0.15, -0.1) is 11.3 Å². The fraction of sp³-hybridized carbons (Fsp3) is 0.417. The van der Waals surface area contributed by atoms with E-state index in [4.69, 9.17) is 5.73 Å². The Kier molecular flexibility index (Phi) is 3.96. The van der Waals surface area contributed by atoms with Crippen molar-refractivity contribution in [3.8, 4) is 0 Å². The largest absolute Gasteiger partial charge is 0.323 e. The molecule has 0 saturated carbocycles. The maximum absolute atomic E-state index is 12.1. The van der Waals surface area contributed by atoms with E-state index in [1.165, 1.54) is 11.3 Å². The Hall–Kier alpha value is -1.73. The molecule has 2 aromatic heterocycles. The number of rotatable bonds is 4. The zero-order valence-corrected chi connectivity index (χ0v) is 12.0. The average Bonchev–Trinajstić information content (AvgIpc) is 2.95. The molecular formula is C12H17N5OS. The van der Waals surface area contributed by atoms with Gasteiger partial charge in [0.15, 0.2) is 5.13 Å². The summed E-state index contributed by atoms with van der Waals surface area (Å²) in [5.41, 5.74) is 7.92. The fourth-order valence-electron chi connectivity index (χ4n) is 1.63. The number of thiazole rings is 1. The second kappa shape index (κ2) is 5.50. The predicted molar refractivity (Wildman–Crippen MR) is 75.3 cm³/mol. The molecular weight excluding hydrogens is 262 g/mol. The fourth-order valence-corrected chi connectivity index (χ4v) is 2.44. The minimum absolute atomic E-state index is 0.134. The highest BCUT2D eigenvalue weighted by atomic mass is 32.1. The molecule has 102 valence electrons. The van der Waals surface area contributed by atoms with Gasteiger partial charge >= 0.3 is 0 Å². The lowest BCUT2D eigenvalue weighted by atomic mass is 10.3. The van der Waals surface area contributed by atoms with Crippen molar-refractivity contribution in [1.29, 1.82) is 0 Å². The number of carbonyl (C=O) groups excluding carboxylic acids is 1. The van der Waals surface area contributed by atoms with E-state index in [0.717, 1.165) is 17.8 Å². The van der Waals surface area contributed by atoms with Crippen LogP contribution >= 0.6 is 11.3 Å². The second-order valence-corrected chi connectivity index (χ2v) is 5.18. The molecule has 0 spiro atoms. The number of hydrogen-bond donors (Lipinski definition) is 2. The smallest absolute Gasteiger partial charge is 0.275 e. The lowest BCUT2D eigenvalue weighted by Crippen LogP contribution is -2.16. The summed E-state index contributed by atoms with van der Waals surface area (Å²) < 4.78 is 1.58. The number of aryl methyl sites for hydroxylation is 2. The van der Waals surface area contributed by atoms with E-state index < -0.39 is 0 Å². The molecule has 2 aromatic rings. The molecule has 0 aliphatic heterocycles. The Morgan fingerprint density at radius 2 is 2.37 bits per heavy atom. The minimum Gasteiger partial charge on any atom is -0.323 e. The molecule has 6 nitrogen and oxygen atoms in total. The standard InChI is InChI=1S/C12H17N5OS/c1-4-8-5-10(17(3)16-8)11(18)15-12-14-9(6-19-12)7(2)13/h5-7H,4,13H2,1-3H3,(H,14,15,18). The van der Waals surface area contributed by atoms with Gasteiger partial charge in [0, 0.05) is 18.5 Å². The summed E-state index contributed by atoms with van der Waals surface area (Å²) in [5.74, 6) is -0.208. The van der Waals surface area contributed by atoms with Crippen molar-refractivity contribution in [2.45, 2.75) is 26.3 Å². The van der Waals surface area contributed by atoms with Crippen LogP contribution in [-0.2, 0) is 13.5 Å². The summed E-state index contributed by atoms with van der Waals surface area (Å²) in [5, 5.41) is 9.41. The van der Waals surface area contributed by atoms with Crippen molar-refractivity contribution >= 4 is 22.4 Å². The first-order valence-electron chi connectivity index (χ1n) is 6.06. The van der Waals surface area contributed by atoms with Gasteiger partial charge in [0.05, 0.1) is 11.4 Å². The van der Waals surface area contributed by atoms with Crippen LogP contribution in [0.5, 0.6) is 0 Å². The first kappa shape index (κ1) is 13.7. The second-order valence-electron chi connectivity index (χ2n) is 4.32. The molecule has 0 aromatic carbocycles. The first-order valence-corrected chi connectivity index (χ1v) is 6.94. The summed E-state index contributed by atoms with van der Waals surface area (Å²) in [6.07, 6.45) is 0.799. The molecule has 1 amide bonds. The normalized spacial score (nSPS) is 12.4. The van der Waals surface area contributed by atoms with E-state index in [0.29, 0.717) is 10.8 Å². The topological polar surface area (TPSA) is 85.8 Å². The maximum atomic E-state index is 12.1. The molecule has 1 atom stereocenters. The SMILES string of the molecule is CCc1cc(C(=O)Nc2nc(C(C)N)cs2)n(C)n1. The highest BCUT2D eigenvalue weighted by Crippen LogP contribution is 2.20. The Morgan fingerprint density at radius 3 is 2.89 bits per heavy atom. The van der Waals surface area contributed by atoms with Crippen LogP contribution in [0.25, 0.3) is 0 Å². The highest BCUT2D eigenvalue weighted by molar-refractivity contribution is 7.14. The van der Waals surface area contributed by atoms with Crippen molar-refractivity contribution in [3.05, 3.63) is 28.5 Å². The lowest BCUT2D eigenvalue weighted by Gasteiger charge is -2.02. The average molecular weight is 279 g/mol. The van der Waals surface area contributed by atoms with Crippen LogP contribution in [-0.4, -0.2) is 20.7 Å². The third kappa shape index (κ3) is 2.99. The van der Waals surface area contributed by atoms with Crippen molar-refractivity contribution in [3.63, 3.8) is 0 Å². The van der Waals surface area contributed by atoms with Crippen LogP contribution in [0.4, 0.5) is 5.13 Å². The quantitative estimate of drug-likeness (QED) is 0.892. The van der Waals surface area contributed by atoms with Gasteiger partial charge in [0.2, 0.25) is 0 Å². The molecule has 0 aliphatic rings. The van der Waals surface area contributed by atoms with Gasteiger partial charge in [-0.1, -0.05) is 6.92 Å². The van der Waals surface area contributed by atoms with Crippen molar-refractivity contribution in [2.24, 2.45) is 12.8 Å². The molecule has 7 heteroatoms. The Labute approximate surface area is 115 Å². The summed E-state index contributed by atoms with van der Waals surface area (Å²) >= 11 is 1.37. The van der Waals surface area contributed by atoms with Crippen molar-refractivity contribution in [2.75, 3.05) is 5.32 Å². The Balaban J connectivity index is 2.13. The van der Waals surface area contributed by atoms with Crippen molar-refractivity contribution < 1.29 is 4.79 Å². The zero-order valence-electron chi connectivity index (χ0n) is 11.2. The summed E-state index contributed by atoms with van der Waals surface area (Å²) in [6.45, 7) is 3.86. The van der Waals surface area contributed by atoms with E-state index in [2.05, 4.69) is 15.4 Å². The minimum atomic E-state index is -0.208. The molecule has 0 radical (unpaired) electrons. The molecule has 0 saturated heterocycles. The summed E-state index contributed by atoms with van der Waals surface area (Å²) in [7, 11) is 1.75. The number of nitrogens with one attached hydrogen (secondary N) is 1. The molecule has 3 N–H and O–H groups in total. The van der Waals surface area contributed by atoms with Gasteiger partial charge in [-0.25, -0.2) is 4.98 Å². The van der Waals surface area contributed by atoms with E-state index >= 15 is 0 Å². The third-order valence-corrected chi connectivity index (χ3v) is 3.51. The third-order valence-electron chi connectivity index (χ3n) is 2.73. The number of hydrogen-bond acceptors (Lipinski definition) is 5. The van der Waals surface area contributed by atoms with Gasteiger partial charge in [-0.05, 0) is 19.4 Å². The Morgan fingerprint density at radius 1 is 1.63 bits per heavy atom. The van der Waals surface area contributed by atoms with Crippen LogP contribution in [0.2, 0.25) is 0 Å². The number of aromatic nitrogens is 3. The summed E-state index contributed by atoms with van der Waals surface area (Å²) in [4.78, 5) is 16.4. The van der Waals surface area contributed by atoms with Crippen LogP contribution in [0, 0.1) is 0 Å². The van der Waals surface area contributed by atoms with Crippen LogP contribution in [0.15, 0.2) is 11.4 Å². The maximum Gasteiger partial charge on any atom is 0.275 e. The molecule has 0 bridgehead atoms. The van der Waals surface area contributed by atoms with E-state index in [1.54, 1.807) is 17.8 Å². The number of anilines is 1. The number of nitrogens with two attached hydrogens (primary N) is 1. The monoisotopic (exact) mass is 279 g/mol. The predicted octanol–water partition coefficient (Wildman–Crippen LogP) is 1.71. The van der Waals surface area contributed by atoms with Gasteiger partial charge < -0.3 is 5.73 Å². The molecule has 0 fully saturated rings. The molecule has 2 heterocycles. The summed E-state index contributed by atoms with van der Waals surface area (Å²) in [6, 6.07) is 1.65. The van der Waals surface area contributed by atoms with Crippen LogP contribution in [0.1, 0.15) is 41.8 Å². The molecule has 1 unspecified atom stereocenters. The van der Waals surface area contributed by atoms with Crippen molar-refractivity contribution in [1.82, 2.24) is 14.8 Å². The van der Waals surface area contributed by atoms with E-state index in [9.17, 15) is 4.79 Å². The van der Waals surface area contributed by atoms with E-state index in [-0.39, 0.29) is 11.9 Å². The van der Waals surface area contributed by atoms with Crippen LogP contribution in [0.3, 0.4) is 0 Å². The van der Waals surface area contributed by atoms with Gasteiger partial charge in [-0.2, -0.15) is 5.10 Å². The molecule has 19 heavy (non-hydrogen) atoms. The van der Waals surface area contributed by atoms with Gasteiger partial charge in [0.1, 0.15) is 5.69 Å². The van der Waals surface area contributed by atoms with Crippen LogP contribution < -0.4 is 11.1 Å². The first-order chi connectivity index (χ1) is 9.01. The van der Waals surface area contributed by atoms with Gasteiger partial charge in [0.25, 0.3) is 5.91 Å². The Bertz CT molecular complexity index is 587. The number of carbonyl (C=O) groups is 1. The molecule has 0 aliphatic carbocycles. The highest BCUT2D eigenvalue weighted by Gasteiger charge is 2.15. The number of nitrogens with zero attached hydrogens (tertiary/aromatic N) is 3. The lowest BCUT2D eigenvalue weighted by molar-refractivity contribution is 0.101.